The van der Waals surface area contributed by atoms with Crippen molar-refractivity contribution in [2.45, 2.75) is 44.6 Å². The molecule has 0 bridgehead atoms. The van der Waals surface area contributed by atoms with Crippen molar-refractivity contribution in [3.8, 4) is 0 Å². The highest BCUT2D eigenvalue weighted by molar-refractivity contribution is 7.07. The van der Waals surface area contributed by atoms with Crippen LogP contribution in [0.1, 0.15) is 48.0 Å². The summed E-state index contributed by atoms with van der Waals surface area (Å²) in [7, 11) is 1.73. The maximum atomic E-state index is 12.3. The van der Waals surface area contributed by atoms with E-state index in [1.807, 2.05) is 6.92 Å². The van der Waals surface area contributed by atoms with Gasteiger partial charge in [0.1, 0.15) is 4.88 Å². The molecule has 100 valence electrons. The number of hydrogen-bond acceptors (Lipinski definition) is 5. The summed E-state index contributed by atoms with van der Waals surface area (Å²) in [4.78, 5) is 14.5. The Balaban J connectivity index is 2.05. The molecule has 1 aliphatic carbocycles. The minimum Gasteiger partial charge on any atom is -0.388 e. The molecule has 0 radical (unpaired) electrons. The number of aliphatic hydroxyl groups is 1. The average Bonchev–Trinajstić information content (AvgIpc) is 2.96. The summed E-state index contributed by atoms with van der Waals surface area (Å²) in [5, 5.41) is 14.3. The summed E-state index contributed by atoms with van der Waals surface area (Å²) in [5.74, 6) is -0.0813. The van der Waals surface area contributed by atoms with Crippen LogP contribution in [0.3, 0.4) is 0 Å². The van der Waals surface area contributed by atoms with Gasteiger partial charge < -0.3 is 10.0 Å². The molecule has 0 unspecified atom stereocenters. The highest BCUT2D eigenvalue weighted by Crippen LogP contribution is 2.30. The van der Waals surface area contributed by atoms with Gasteiger partial charge in [-0.1, -0.05) is 24.3 Å². The Bertz CT molecular complexity index is 427. The molecular weight excluding hydrogens is 250 g/mol. The number of aryl methyl sites for hydroxylation is 1. The van der Waals surface area contributed by atoms with Crippen molar-refractivity contribution in [3.05, 3.63) is 10.6 Å². The molecule has 0 saturated heterocycles. The summed E-state index contributed by atoms with van der Waals surface area (Å²) in [6, 6.07) is 0. The van der Waals surface area contributed by atoms with Crippen molar-refractivity contribution in [1.82, 2.24) is 14.5 Å². The number of hydrogen-bond donors (Lipinski definition) is 1. The highest BCUT2D eigenvalue weighted by Gasteiger charge is 2.34. The molecule has 5 nitrogen and oxygen atoms in total. The fourth-order valence-electron chi connectivity index (χ4n) is 2.48. The molecule has 0 spiro atoms. The fourth-order valence-corrected chi connectivity index (χ4v) is 3.23. The first kappa shape index (κ1) is 13.4. The molecule has 18 heavy (non-hydrogen) atoms. The fraction of sp³-hybridized carbons (Fsp3) is 0.750. The van der Waals surface area contributed by atoms with E-state index in [0.717, 1.165) is 42.9 Å². The minimum atomic E-state index is -0.699. The Morgan fingerprint density at radius 2 is 2.17 bits per heavy atom. The van der Waals surface area contributed by atoms with Crippen LogP contribution in [0, 0.1) is 0 Å². The molecule has 0 aliphatic heterocycles. The Kier molecular flexibility index (Phi) is 3.97. The molecule has 1 heterocycles. The zero-order valence-electron chi connectivity index (χ0n) is 10.8. The lowest BCUT2D eigenvalue weighted by Gasteiger charge is -2.28. The summed E-state index contributed by atoms with van der Waals surface area (Å²) in [6.45, 7) is 2.35. The van der Waals surface area contributed by atoms with Gasteiger partial charge in [-0.05, 0) is 30.8 Å². The lowest BCUT2D eigenvalue weighted by atomic mass is 10.0. The third kappa shape index (κ3) is 2.70. The maximum absolute atomic E-state index is 12.3. The van der Waals surface area contributed by atoms with E-state index in [4.69, 9.17) is 0 Å². The van der Waals surface area contributed by atoms with Gasteiger partial charge in [0.05, 0.1) is 11.3 Å². The van der Waals surface area contributed by atoms with Gasteiger partial charge >= 0.3 is 0 Å². The second kappa shape index (κ2) is 5.32. The van der Waals surface area contributed by atoms with Crippen molar-refractivity contribution >= 4 is 17.4 Å². The van der Waals surface area contributed by atoms with Crippen LogP contribution in [0.5, 0.6) is 0 Å². The molecule has 1 aromatic heterocycles. The average molecular weight is 269 g/mol. The van der Waals surface area contributed by atoms with E-state index < -0.39 is 5.60 Å². The molecule has 1 saturated carbocycles. The number of rotatable bonds is 4. The van der Waals surface area contributed by atoms with Crippen molar-refractivity contribution < 1.29 is 9.90 Å². The monoisotopic (exact) mass is 269 g/mol. The summed E-state index contributed by atoms with van der Waals surface area (Å²) < 4.78 is 3.83. The molecule has 1 amide bonds. The van der Waals surface area contributed by atoms with Gasteiger partial charge in [0.2, 0.25) is 0 Å². The van der Waals surface area contributed by atoms with E-state index in [1.54, 1.807) is 11.9 Å². The second-order valence-corrected chi connectivity index (χ2v) is 5.75. The van der Waals surface area contributed by atoms with Crippen LogP contribution in [-0.4, -0.2) is 44.7 Å². The van der Waals surface area contributed by atoms with Crippen LogP contribution in [0.25, 0.3) is 0 Å². The molecule has 0 aromatic carbocycles. The van der Waals surface area contributed by atoms with Crippen LogP contribution in [0.4, 0.5) is 0 Å². The Morgan fingerprint density at radius 1 is 1.50 bits per heavy atom. The molecule has 6 heteroatoms. The topological polar surface area (TPSA) is 66.3 Å². The maximum Gasteiger partial charge on any atom is 0.267 e. The number of amides is 1. The quantitative estimate of drug-likeness (QED) is 0.899. The van der Waals surface area contributed by atoms with Gasteiger partial charge in [-0.2, -0.15) is 0 Å². The molecule has 1 fully saturated rings. The molecule has 1 N–H and O–H groups in total. The largest absolute Gasteiger partial charge is 0.388 e. The number of likely N-dealkylation sites (N-methyl/N-ethyl adjacent to an activating group) is 1. The van der Waals surface area contributed by atoms with Gasteiger partial charge in [-0.3, -0.25) is 4.79 Å². The lowest BCUT2D eigenvalue weighted by molar-refractivity contribution is 0.0158. The van der Waals surface area contributed by atoms with Crippen molar-refractivity contribution in [3.63, 3.8) is 0 Å². The van der Waals surface area contributed by atoms with Crippen LogP contribution in [0.2, 0.25) is 0 Å². The van der Waals surface area contributed by atoms with Gasteiger partial charge in [-0.25, -0.2) is 0 Å². The molecule has 2 rings (SSSR count). The normalized spacial score (nSPS) is 17.9. The van der Waals surface area contributed by atoms with E-state index >= 15 is 0 Å². The van der Waals surface area contributed by atoms with Crippen molar-refractivity contribution in [2.24, 2.45) is 0 Å². The van der Waals surface area contributed by atoms with Gasteiger partial charge in [0, 0.05) is 13.6 Å². The Labute approximate surface area is 111 Å². The van der Waals surface area contributed by atoms with Crippen molar-refractivity contribution in [2.75, 3.05) is 13.6 Å². The number of carbonyl (C=O) groups excluding carboxylic acids is 1. The summed E-state index contributed by atoms with van der Waals surface area (Å²) >= 11 is 1.13. The van der Waals surface area contributed by atoms with E-state index in [1.165, 1.54) is 0 Å². The molecule has 1 aliphatic rings. The van der Waals surface area contributed by atoms with E-state index in [2.05, 4.69) is 9.59 Å². The SMILES string of the molecule is CCc1nnsc1C(=O)N(C)CC1(O)CCCC1. The zero-order valence-corrected chi connectivity index (χ0v) is 11.7. The van der Waals surface area contributed by atoms with Gasteiger partial charge in [0.25, 0.3) is 5.91 Å². The van der Waals surface area contributed by atoms with Crippen molar-refractivity contribution in [1.29, 1.82) is 0 Å². The van der Waals surface area contributed by atoms with Gasteiger partial charge in [-0.15, -0.1) is 5.10 Å². The van der Waals surface area contributed by atoms with Crippen LogP contribution in [-0.2, 0) is 6.42 Å². The molecular formula is C12H19N3O2S. The van der Waals surface area contributed by atoms with Crippen LogP contribution < -0.4 is 0 Å². The Morgan fingerprint density at radius 3 is 2.78 bits per heavy atom. The molecule has 0 atom stereocenters. The summed E-state index contributed by atoms with van der Waals surface area (Å²) in [6.07, 6.45) is 4.36. The first-order valence-corrected chi connectivity index (χ1v) is 7.12. The first-order valence-electron chi connectivity index (χ1n) is 6.35. The van der Waals surface area contributed by atoms with E-state index in [9.17, 15) is 9.90 Å². The highest BCUT2D eigenvalue weighted by atomic mass is 32.1. The van der Waals surface area contributed by atoms with Crippen LogP contribution in [0.15, 0.2) is 0 Å². The Hall–Kier alpha value is -1.01. The third-order valence-corrected chi connectivity index (χ3v) is 4.25. The predicted octanol–water partition coefficient (Wildman–Crippen LogP) is 1.48. The lowest BCUT2D eigenvalue weighted by Crippen LogP contribution is -2.42. The van der Waals surface area contributed by atoms with Crippen LogP contribution >= 0.6 is 11.5 Å². The third-order valence-electron chi connectivity index (χ3n) is 3.50. The second-order valence-electron chi connectivity index (χ2n) is 4.99. The first-order chi connectivity index (χ1) is 8.56. The van der Waals surface area contributed by atoms with E-state index in [-0.39, 0.29) is 5.91 Å². The van der Waals surface area contributed by atoms with E-state index in [0.29, 0.717) is 17.8 Å². The predicted molar refractivity (Wildman–Crippen MR) is 69.7 cm³/mol. The zero-order chi connectivity index (χ0) is 13.2. The standard InChI is InChI=1S/C12H19N3O2S/c1-3-9-10(18-14-13-9)11(16)15(2)8-12(17)6-4-5-7-12/h17H,3-8H2,1-2H3. The molecule has 1 aromatic rings. The summed E-state index contributed by atoms with van der Waals surface area (Å²) in [5.41, 5.74) is 0.0461. The number of carbonyl (C=O) groups is 1. The van der Waals surface area contributed by atoms with Gasteiger partial charge in [0.15, 0.2) is 0 Å². The number of nitrogens with zero attached hydrogens (tertiary/aromatic N) is 3. The minimum absolute atomic E-state index is 0.0813. The smallest absolute Gasteiger partial charge is 0.267 e. The number of aromatic nitrogens is 2.